The fourth-order valence-corrected chi connectivity index (χ4v) is 1.40. The van der Waals surface area contributed by atoms with E-state index in [1.165, 1.54) is 0 Å². The molecular formula is C8H8BrN3. The number of nitrogens with zero attached hydrogens (tertiary/aromatic N) is 3. The SMILES string of the molecule is Cc1nc2c(ccn2C)nc1Br. The molecule has 2 rings (SSSR count). The van der Waals surface area contributed by atoms with Crippen LogP contribution in [-0.4, -0.2) is 14.5 Å². The molecule has 0 spiro atoms. The van der Waals surface area contributed by atoms with E-state index in [-0.39, 0.29) is 0 Å². The zero-order chi connectivity index (χ0) is 8.72. The zero-order valence-electron chi connectivity index (χ0n) is 6.87. The summed E-state index contributed by atoms with van der Waals surface area (Å²) < 4.78 is 2.78. The average Bonchev–Trinajstić information content (AvgIpc) is 2.35. The minimum Gasteiger partial charge on any atom is -0.334 e. The Kier molecular flexibility index (Phi) is 1.65. The van der Waals surface area contributed by atoms with Crippen LogP contribution in [0.1, 0.15) is 5.69 Å². The van der Waals surface area contributed by atoms with Crippen molar-refractivity contribution in [2.75, 3.05) is 0 Å². The van der Waals surface area contributed by atoms with Gasteiger partial charge in [-0.15, -0.1) is 0 Å². The summed E-state index contributed by atoms with van der Waals surface area (Å²) in [4.78, 5) is 8.72. The predicted molar refractivity (Wildman–Crippen MR) is 50.9 cm³/mol. The van der Waals surface area contributed by atoms with Crippen molar-refractivity contribution in [1.29, 1.82) is 0 Å². The van der Waals surface area contributed by atoms with Gasteiger partial charge in [-0.2, -0.15) is 0 Å². The third-order valence-corrected chi connectivity index (χ3v) is 2.56. The van der Waals surface area contributed by atoms with E-state index >= 15 is 0 Å². The van der Waals surface area contributed by atoms with Gasteiger partial charge in [0.25, 0.3) is 0 Å². The molecule has 0 saturated carbocycles. The average molecular weight is 226 g/mol. The highest BCUT2D eigenvalue weighted by Gasteiger charge is 2.04. The van der Waals surface area contributed by atoms with Gasteiger partial charge in [0, 0.05) is 13.2 Å². The molecule has 0 atom stereocenters. The molecule has 0 aromatic carbocycles. The monoisotopic (exact) mass is 225 g/mol. The van der Waals surface area contributed by atoms with Gasteiger partial charge in [-0.3, -0.25) is 0 Å². The number of halogens is 1. The molecule has 0 fully saturated rings. The van der Waals surface area contributed by atoms with E-state index in [1.807, 2.05) is 30.8 Å². The van der Waals surface area contributed by atoms with Crippen molar-refractivity contribution in [3.63, 3.8) is 0 Å². The highest BCUT2D eigenvalue weighted by Crippen LogP contribution is 2.16. The largest absolute Gasteiger partial charge is 0.334 e. The van der Waals surface area contributed by atoms with E-state index in [1.54, 1.807) is 0 Å². The second-order valence-electron chi connectivity index (χ2n) is 2.74. The molecule has 0 saturated heterocycles. The first-order chi connectivity index (χ1) is 5.68. The van der Waals surface area contributed by atoms with Crippen LogP contribution in [0.5, 0.6) is 0 Å². The Hall–Kier alpha value is -0.900. The lowest BCUT2D eigenvalue weighted by Crippen LogP contribution is -1.93. The Morgan fingerprint density at radius 2 is 2.17 bits per heavy atom. The van der Waals surface area contributed by atoms with Gasteiger partial charge in [-0.05, 0) is 28.9 Å². The van der Waals surface area contributed by atoms with Crippen molar-refractivity contribution >= 4 is 27.1 Å². The van der Waals surface area contributed by atoms with Crippen molar-refractivity contribution in [1.82, 2.24) is 14.5 Å². The van der Waals surface area contributed by atoms with Crippen molar-refractivity contribution in [3.05, 3.63) is 22.6 Å². The molecule has 0 amide bonds. The van der Waals surface area contributed by atoms with Crippen LogP contribution < -0.4 is 0 Å². The molecule has 12 heavy (non-hydrogen) atoms. The Balaban J connectivity index is 2.87. The summed E-state index contributed by atoms with van der Waals surface area (Å²) in [6, 6.07) is 1.95. The number of fused-ring (bicyclic) bond motifs is 1. The molecule has 2 aromatic rings. The maximum Gasteiger partial charge on any atom is 0.158 e. The van der Waals surface area contributed by atoms with Crippen LogP contribution >= 0.6 is 15.9 Å². The van der Waals surface area contributed by atoms with Gasteiger partial charge in [0.2, 0.25) is 0 Å². The Bertz CT molecular complexity index is 433. The molecule has 2 aromatic heterocycles. The van der Waals surface area contributed by atoms with E-state index in [2.05, 4.69) is 25.9 Å². The maximum absolute atomic E-state index is 4.39. The summed E-state index contributed by atoms with van der Waals surface area (Å²) in [6.07, 6.45) is 1.95. The maximum atomic E-state index is 4.39. The molecule has 2 heterocycles. The highest BCUT2D eigenvalue weighted by atomic mass is 79.9. The molecule has 0 bridgehead atoms. The van der Waals surface area contributed by atoms with Crippen molar-refractivity contribution in [3.8, 4) is 0 Å². The van der Waals surface area contributed by atoms with Crippen LogP contribution in [0.25, 0.3) is 11.2 Å². The molecular weight excluding hydrogens is 218 g/mol. The molecule has 0 aliphatic rings. The number of aromatic nitrogens is 3. The van der Waals surface area contributed by atoms with Crippen LogP contribution in [0.15, 0.2) is 16.9 Å². The molecule has 0 unspecified atom stereocenters. The predicted octanol–water partition coefficient (Wildman–Crippen LogP) is 2.04. The standard InChI is InChI=1S/C8H8BrN3/c1-5-7(9)11-6-3-4-12(2)8(6)10-5/h3-4H,1-2H3. The summed E-state index contributed by atoms with van der Waals surface area (Å²) in [5.74, 6) is 0. The summed E-state index contributed by atoms with van der Waals surface area (Å²) in [7, 11) is 1.96. The molecule has 0 radical (unpaired) electrons. The molecule has 0 aliphatic carbocycles. The van der Waals surface area contributed by atoms with E-state index in [4.69, 9.17) is 0 Å². The van der Waals surface area contributed by atoms with E-state index in [9.17, 15) is 0 Å². The van der Waals surface area contributed by atoms with Gasteiger partial charge in [0.05, 0.1) is 5.69 Å². The topological polar surface area (TPSA) is 30.7 Å². The minimum atomic E-state index is 0.821. The molecule has 4 heteroatoms. The Morgan fingerprint density at radius 3 is 2.92 bits per heavy atom. The Morgan fingerprint density at radius 1 is 1.42 bits per heavy atom. The third kappa shape index (κ3) is 1.03. The van der Waals surface area contributed by atoms with Crippen molar-refractivity contribution in [2.24, 2.45) is 7.05 Å². The second-order valence-corrected chi connectivity index (χ2v) is 3.49. The van der Waals surface area contributed by atoms with E-state index < -0.39 is 0 Å². The quantitative estimate of drug-likeness (QED) is 0.688. The fourth-order valence-electron chi connectivity index (χ4n) is 1.12. The number of aryl methyl sites for hydroxylation is 2. The smallest absolute Gasteiger partial charge is 0.158 e. The summed E-state index contributed by atoms with van der Waals surface area (Å²) in [6.45, 7) is 1.93. The van der Waals surface area contributed by atoms with Gasteiger partial charge in [-0.1, -0.05) is 0 Å². The molecule has 62 valence electrons. The lowest BCUT2D eigenvalue weighted by Gasteiger charge is -1.98. The van der Waals surface area contributed by atoms with Crippen LogP contribution in [0.3, 0.4) is 0 Å². The molecule has 3 nitrogen and oxygen atoms in total. The van der Waals surface area contributed by atoms with Gasteiger partial charge in [0.1, 0.15) is 10.1 Å². The van der Waals surface area contributed by atoms with Gasteiger partial charge in [0.15, 0.2) is 5.65 Å². The third-order valence-electron chi connectivity index (χ3n) is 1.81. The van der Waals surface area contributed by atoms with Crippen molar-refractivity contribution < 1.29 is 0 Å². The number of hydrogen-bond acceptors (Lipinski definition) is 2. The van der Waals surface area contributed by atoms with Crippen LogP contribution in [-0.2, 0) is 7.05 Å². The zero-order valence-corrected chi connectivity index (χ0v) is 8.46. The van der Waals surface area contributed by atoms with Crippen LogP contribution in [0.2, 0.25) is 0 Å². The van der Waals surface area contributed by atoms with Gasteiger partial charge >= 0.3 is 0 Å². The van der Waals surface area contributed by atoms with Gasteiger partial charge < -0.3 is 4.57 Å². The molecule has 0 N–H and O–H groups in total. The fraction of sp³-hybridized carbons (Fsp3) is 0.250. The highest BCUT2D eigenvalue weighted by molar-refractivity contribution is 9.10. The summed E-state index contributed by atoms with van der Waals surface area (Å²) in [5, 5.41) is 0. The van der Waals surface area contributed by atoms with Crippen molar-refractivity contribution in [2.45, 2.75) is 6.92 Å². The normalized spacial score (nSPS) is 10.9. The Labute approximate surface area is 78.6 Å². The first-order valence-electron chi connectivity index (χ1n) is 3.63. The summed E-state index contributed by atoms with van der Waals surface area (Å²) >= 11 is 3.34. The van der Waals surface area contributed by atoms with E-state index in [0.29, 0.717) is 0 Å². The first kappa shape index (κ1) is 7.73. The van der Waals surface area contributed by atoms with Gasteiger partial charge in [-0.25, -0.2) is 9.97 Å². The lowest BCUT2D eigenvalue weighted by atomic mass is 10.5. The number of rotatable bonds is 0. The minimum absolute atomic E-state index is 0.821. The second kappa shape index (κ2) is 2.55. The number of hydrogen-bond donors (Lipinski definition) is 0. The molecule has 0 aliphatic heterocycles. The lowest BCUT2D eigenvalue weighted by molar-refractivity contribution is 0.937. The van der Waals surface area contributed by atoms with Crippen LogP contribution in [0, 0.1) is 6.92 Å². The van der Waals surface area contributed by atoms with Crippen LogP contribution in [0.4, 0.5) is 0 Å². The first-order valence-corrected chi connectivity index (χ1v) is 4.43. The van der Waals surface area contributed by atoms with E-state index in [0.717, 1.165) is 21.5 Å². The summed E-state index contributed by atoms with van der Waals surface area (Å²) in [5.41, 5.74) is 2.77.